The van der Waals surface area contributed by atoms with Crippen LogP contribution < -0.4 is 10.1 Å². The van der Waals surface area contributed by atoms with E-state index < -0.39 is 0 Å². The van der Waals surface area contributed by atoms with E-state index in [9.17, 15) is 9.18 Å². The first-order chi connectivity index (χ1) is 11.9. The van der Waals surface area contributed by atoms with Crippen molar-refractivity contribution in [1.29, 1.82) is 0 Å². The molecule has 0 bridgehead atoms. The zero-order valence-electron chi connectivity index (χ0n) is 15.2. The highest BCUT2D eigenvalue weighted by Gasteiger charge is 2.10. The molecule has 0 aliphatic carbocycles. The molecule has 134 valence electrons. The smallest absolute Gasteiger partial charge is 0.251 e. The van der Waals surface area contributed by atoms with Gasteiger partial charge < -0.3 is 15.0 Å². The number of amides is 1. The van der Waals surface area contributed by atoms with Crippen molar-refractivity contribution >= 4 is 5.91 Å². The van der Waals surface area contributed by atoms with E-state index in [0.29, 0.717) is 30.8 Å². The largest absolute Gasteiger partial charge is 0.494 e. The average molecular weight is 344 g/mol. The zero-order valence-corrected chi connectivity index (χ0v) is 15.2. The van der Waals surface area contributed by atoms with Crippen LogP contribution in [0.4, 0.5) is 4.39 Å². The lowest BCUT2D eigenvalue weighted by Crippen LogP contribution is -2.23. The maximum Gasteiger partial charge on any atom is 0.251 e. The maximum atomic E-state index is 13.8. The molecule has 0 aromatic heterocycles. The van der Waals surface area contributed by atoms with Gasteiger partial charge in [0.1, 0.15) is 11.6 Å². The third kappa shape index (κ3) is 5.29. The second-order valence-corrected chi connectivity index (χ2v) is 6.26. The predicted octanol–water partition coefficient (Wildman–Crippen LogP) is 3.52. The van der Waals surface area contributed by atoms with Crippen LogP contribution in [0.3, 0.4) is 0 Å². The summed E-state index contributed by atoms with van der Waals surface area (Å²) in [5.74, 6) is 0.390. The fourth-order valence-corrected chi connectivity index (χ4v) is 2.59. The van der Waals surface area contributed by atoms with Crippen molar-refractivity contribution < 1.29 is 13.9 Å². The summed E-state index contributed by atoms with van der Waals surface area (Å²) in [5.41, 5.74) is 2.99. The number of hydrogen-bond acceptors (Lipinski definition) is 3. The number of hydrogen-bond donors (Lipinski definition) is 1. The molecule has 25 heavy (non-hydrogen) atoms. The summed E-state index contributed by atoms with van der Waals surface area (Å²) in [4.78, 5) is 14.2. The molecule has 0 aliphatic heterocycles. The normalized spacial score (nSPS) is 10.8. The third-order valence-corrected chi connectivity index (χ3v) is 3.79. The lowest BCUT2D eigenvalue weighted by Gasteiger charge is -2.13. The zero-order chi connectivity index (χ0) is 18.4. The van der Waals surface area contributed by atoms with Gasteiger partial charge in [-0.05, 0) is 69.4 Å². The lowest BCUT2D eigenvalue weighted by atomic mass is 10.1. The number of aryl methyl sites for hydroxylation is 1. The van der Waals surface area contributed by atoms with E-state index in [0.717, 1.165) is 16.9 Å². The van der Waals surface area contributed by atoms with Crippen molar-refractivity contribution in [3.8, 4) is 5.75 Å². The summed E-state index contributed by atoms with van der Waals surface area (Å²) in [6.07, 6.45) is 0. The van der Waals surface area contributed by atoms with Gasteiger partial charge in [0, 0.05) is 24.2 Å². The lowest BCUT2D eigenvalue weighted by molar-refractivity contribution is 0.0950. The van der Waals surface area contributed by atoms with E-state index in [4.69, 9.17) is 4.74 Å². The second kappa shape index (κ2) is 8.62. The van der Waals surface area contributed by atoms with Crippen LogP contribution in [0.15, 0.2) is 36.4 Å². The Kier molecular flexibility index (Phi) is 6.53. The van der Waals surface area contributed by atoms with Crippen molar-refractivity contribution in [2.75, 3.05) is 20.7 Å². The number of benzene rings is 2. The maximum absolute atomic E-state index is 13.8. The van der Waals surface area contributed by atoms with Gasteiger partial charge in [0.2, 0.25) is 0 Å². The summed E-state index contributed by atoms with van der Waals surface area (Å²) in [7, 11) is 3.78. The quantitative estimate of drug-likeness (QED) is 0.835. The van der Waals surface area contributed by atoms with Crippen molar-refractivity contribution in [3.63, 3.8) is 0 Å². The highest BCUT2D eigenvalue weighted by atomic mass is 19.1. The molecule has 0 aliphatic rings. The van der Waals surface area contributed by atoms with Gasteiger partial charge in [-0.25, -0.2) is 4.39 Å². The van der Waals surface area contributed by atoms with Crippen molar-refractivity contribution in [2.45, 2.75) is 26.9 Å². The first-order valence-electron chi connectivity index (χ1n) is 8.34. The summed E-state index contributed by atoms with van der Waals surface area (Å²) < 4.78 is 19.3. The molecule has 0 heterocycles. The number of halogens is 1. The minimum atomic E-state index is -0.231. The molecule has 0 fully saturated rings. The van der Waals surface area contributed by atoms with Gasteiger partial charge in [0.25, 0.3) is 5.91 Å². The molecule has 5 heteroatoms. The van der Waals surface area contributed by atoms with Crippen LogP contribution in [0.25, 0.3) is 0 Å². The van der Waals surface area contributed by atoms with Crippen LogP contribution in [0.2, 0.25) is 0 Å². The molecule has 2 aromatic carbocycles. The minimum Gasteiger partial charge on any atom is -0.494 e. The number of ether oxygens (including phenoxy) is 1. The fourth-order valence-electron chi connectivity index (χ4n) is 2.59. The summed E-state index contributed by atoms with van der Waals surface area (Å²) in [6, 6.07) is 10.3. The van der Waals surface area contributed by atoms with Crippen LogP contribution >= 0.6 is 0 Å². The number of nitrogens with zero attached hydrogens (tertiary/aromatic N) is 1. The van der Waals surface area contributed by atoms with Crippen LogP contribution in [0.5, 0.6) is 5.75 Å². The summed E-state index contributed by atoms with van der Waals surface area (Å²) in [5, 5.41) is 2.88. The molecule has 4 nitrogen and oxygen atoms in total. The predicted molar refractivity (Wildman–Crippen MR) is 97.3 cm³/mol. The molecule has 0 saturated heterocycles. The van der Waals surface area contributed by atoms with Gasteiger partial charge in [-0.3, -0.25) is 4.79 Å². The van der Waals surface area contributed by atoms with Crippen molar-refractivity contribution in [2.24, 2.45) is 0 Å². The second-order valence-electron chi connectivity index (χ2n) is 6.26. The Balaban J connectivity index is 2.03. The average Bonchev–Trinajstić information content (AvgIpc) is 2.56. The topological polar surface area (TPSA) is 41.6 Å². The van der Waals surface area contributed by atoms with E-state index >= 15 is 0 Å². The third-order valence-electron chi connectivity index (χ3n) is 3.79. The number of carbonyl (C=O) groups is 1. The number of rotatable bonds is 7. The minimum absolute atomic E-state index is 0.162. The van der Waals surface area contributed by atoms with Crippen molar-refractivity contribution in [1.82, 2.24) is 10.2 Å². The van der Waals surface area contributed by atoms with E-state index in [1.54, 1.807) is 24.3 Å². The fraction of sp³-hybridized carbons (Fsp3) is 0.350. The van der Waals surface area contributed by atoms with Gasteiger partial charge >= 0.3 is 0 Å². The Morgan fingerprint density at radius 1 is 1.20 bits per heavy atom. The molecule has 2 rings (SSSR count). The number of carbonyl (C=O) groups excluding carboxylic acids is 1. The van der Waals surface area contributed by atoms with Gasteiger partial charge in [-0.2, -0.15) is 0 Å². The van der Waals surface area contributed by atoms with Gasteiger partial charge in [-0.15, -0.1) is 0 Å². The highest BCUT2D eigenvalue weighted by molar-refractivity contribution is 5.94. The Labute approximate surface area is 148 Å². The Morgan fingerprint density at radius 3 is 2.60 bits per heavy atom. The van der Waals surface area contributed by atoms with E-state index in [-0.39, 0.29) is 11.7 Å². The Morgan fingerprint density at radius 2 is 1.96 bits per heavy atom. The SMILES string of the molecule is CCOc1ccc(C(=O)NCc2ccc(F)c(CN(C)C)c2)cc1C. The van der Waals surface area contributed by atoms with Crippen LogP contribution in [0, 0.1) is 12.7 Å². The van der Waals surface area contributed by atoms with Gasteiger partial charge in [-0.1, -0.05) is 6.07 Å². The van der Waals surface area contributed by atoms with E-state index in [1.807, 2.05) is 38.9 Å². The summed E-state index contributed by atoms with van der Waals surface area (Å²) in [6.45, 7) is 5.30. The molecule has 0 unspecified atom stereocenters. The van der Waals surface area contributed by atoms with Gasteiger partial charge in [0.15, 0.2) is 0 Å². The first kappa shape index (κ1) is 18.9. The molecule has 0 atom stereocenters. The molecular formula is C20H25FN2O2. The van der Waals surface area contributed by atoms with Crippen LogP contribution in [-0.4, -0.2) is 31.5 Å². The van der Waals surface area contributed by atoms with Crippen LogP contribution in [-0.2, 0) is 13.1 Å². The van der Waals surface area contributed by atoms with E-state index in [2.05, 4.69) is 5.32 Å². The van der Waals surface area contributed by atoms with Gasteiger partial charge in [0.05, 0.1) is 6.61 Å². The first-order valence-corrected chi connectivity index (χ1v) is 8.34. The molecule has 0 radical (unpaired) electrons. The van der Waals surface area contributed by atoms with Crippen LogP contribution in [0.1, 0.15) is 34.0 Å². The Bertz CT molecular complexity index is 744. The number of nitrogens with one attached hydrogen (secondary N) is 1. The van der Waals surface area contributed by atoms with E-state index in [1.165, 1.54) is 6.07 Å². The Hall–Kier alpha value is -2.40. The molecule has 1 N–H and O–H groups in total. The molecular weight excluding hydrogens is 319 g/mol. The highest BCUT2D eigenvalue weighted by Crippen LogP contribution is 2.19. The molecule has 0 spiro atoms. The standard InChI is InChI=1S/C20H25FN2O2/c1-5-25-19-9-7-16(10-14(19)2)20(24)22-12-15-6-8-18(21)17(11-15)13-23(3)4/h6-11H,5,12-13H2,1-4H3,(H,22,24). The summed E-state index contributed by atoms with van der Waals surface area (Å²) >= 11 is 0. The van der Waals surface area contributed by atoms with Crippen molar-refractivity contribution in [3.05, 3.63) is 64.5 Å². The molecule has 1 amide bonds. The molecule has 0 saturated carbocycles. The monoisotopic (exact) mass is 344 g/mol. The molecule has 2 aromatic rings.